The first kappa shape index (κ1) is 33.0. The molecule has 0 bridgehead atoms. The molecular weight excluding hydrogens is 608 g/mol. The summed E-state index contributed by atoms with van der Waals surface area (Å²) in [6, 6.07) is 14.1. The second-order valence-corrected chi connectivity index (χ2v) is 10.7. The zero-order valence-electron chi connectivity index (χ0n) is 24.4. The van der Waals surface area contributed by atoms with Crippen LogP contribution < -0.4 is 9.47 Å². The van der Waals surface area contributed by atoms with Crippen LogP contribution in [0.1, 0.15) is 50.7 Å². The second kappa shape index (κ2) is 16.2. The molecule has 4 aromatic rings. The van der Waals surface area contributed by atoms with Gasteiger partial charge in [-0.25, -0.2) is 18.6 Å². The van der Waals surface area contributed by atoms with Crippen LogP contribution in [-0.2, 0) is 9.45 Å². The number of pyridine rings is 2. The molecule has 0 radical (unpaired) electrons. The predicted octanol–water partition coefficient (Wildman–Crippen LogP) is 9.57. The van der Waals surface area contributed by atoms with Crippen molar-refractivity contribution >= 4 is 70.4 Å². The van der Waals surface area contributed by atoms with Gasteiger partial charge in [0.2, 0.25) is 11.8 Å². The number of fused-ring (bicyclic) bond motifs is 2. The SMILES string of the molecule is CCCCOc1nc2ccc(Cl)cc2cc1/C=C/C(=O)/C=C(/C=C/c1cc2cc(Cl)ccc2nc1OCCCC)OB(F)F. The molecule has 2 aromatic heterocycles. The Morgan fingerprint density at radius 3 is 1.77 bits per heavy atom. The molecule has 6 nitrogen and oxygen atoms in total. The fourth-order valence-electron chi connectivity index (χ4n) is 4.14. The van der Waals surface area contributed by atoms with Gasteiger partial charge in [-0.3, -0.25) is 4.79 Å². The van der Waals surface area contributed by atoms with Gasteiger partial charge in [-0.05, 0) is 85.7 Å². The summed E-state index contributed by atoms with van der Waals surface area (Å²) < 4.78 is 43.0. The molecule has 2 aromatic carbocycles. The number of halogens is 4. The number of ether oxygens (including phenoxy) is 2. The van der Waals surface area contributed by atoms with Gasteiger partial charge in [0.05, 0.1) is 24.2 Å². The first-order valence-electron chi connectivity index (χ1n) is 14.3. The number of hydrogen-bond acceptors (Lipinski definition) is 6. The monoisotopic (exact) mass is 638 g/mol. The van der Waals surface area contributed by atoms with Crippen LogP contribution in [0.2, 0.25) is 10.0 Å². The largest absolute Gasteiger partial charge is 0.796 e. The van der Waals surface area contributed by atoms with E-state index in [1.807, 2.05) is 13.8 Å². The lowest BCUT2D eigenvalue weighted by molar-refractivity contribution is -0.110. The van der Waals surface area contributed by atoms with Gasteiger partial charge in [0.1, 0.15) is 5.76 Å². The van der Waals surface area contributed by atoms with E-state index < -0.39 is 13.3 Å². The van der Waals surface area contributed by atoms with Crippen LogP contribution >= 0.6 is 23.2 Å². The number of hydrogen-bond donors (Lipinski definition) is 0. The van der Waals surface area contributed by atoms with E-state index in [0.29, 0.717) is 57.2 Å². The molecule has 0 aliphatic rings. The number of rotatable bonds is 15. The standard InChI is InChI=1S/C33H31BCl2F2N2O4/c1-3-5-15-42-32-22(17-24-19-26(35)9-13-30(24)39-32)7-11-28(41)21-29(44-34(37)38)12-8-23-18-25-20-27(36)10-14-31(25)40-33(23)43-16-6-4-2/h7-14,17-21H,3-6,15-16H2,1-2H3/b11-7+,12-8+,29-21-. The van der Waals surface area contributed by atoms with Gasteiger partial charge in [0.25, 0.3) is 0 Å². The molecular formula is C33H31BCl2F2N2O4. The summed E-state index contributed by atoms with van der Waals surface area (Å²) in [7, 11) is -3.15. The zero-order chi connectivity index (χ0) is 31.5. The van der Waals surface area contributed by atoms with Crippen LogP contribution in [0.5, 0.6) is 11.8 Å². The van der Waals surface area contributed by atoms with Gasteiger partial charge in [-0.2, -0.15) is 0 Å². The Morgan fingerprint density at radius 2 is 1.30 bits per heavy atom. The van der Waals surface area contributed by atoms with E-state index in [2.05, 4.69) is 14.6 Å². The van der Waals surface area contributed by atoms with Crippen molar-refractivity contribution in [1.29, 1.82) is 0 Å². The molecule has 4 rings (SSSR count). The summed E-state index contributed by atoms with van der Waals surface area (Å²) in [6.45, 7) is 4.97. The van der Waals surface area contributed by atoms with E-state index >= 15 is 0 Å². The van der Waals surface area contributed by atoms with Gasteiger partial charge in [0, 0.05) is 38.0 Å². The van der Waals surface area contributed by atoms with Crippen molar-refractivity contribution in [2.24, 2.45) is 0 Å². The minimum atomic E-state index is -3.15. The van der Waals surface area contributed by atoms with Crippen molar-refractivity contribution in [2.75, 3.05) is 13.2 Å². The van der Waals surface area contributed by atoms with Gasteiger partial charge in [0.15, 0.2) is 5.78 Å². The highest BCUT2D eigenvalue weighted by molar-refractivity contribution is 6.35. The predicted molar refractivity (Wildman–Crippen MR) is 175 cm³/mol. The fraction of sp³-hybridized carbons (Fsp3) is 0.242. The van der Waals surface area contributed by atoms with Crippen molar-refractivity contribution in [2.45, 2.75) is 39.5 Å². The molecule has 0 aliphatic heterocycles. The van der Waals surface area contributed by atoms with E-state index in [1.54, 1.807) is 48.5 Å². The van der Waals surface area contributed by atoms with Crippen LogP contribution in [0.15, 0.2) is 72.5 Å². The Morgan fingerprint density at radius 1 is 0.795 bits per heavy atom. The first-order valence-corrected chi connectivity index (χ1v) is 15.0. The number of carbonyl (C=O) groups excluding carboxylic acids is 1. The second-order valence-electron chi connectivity index (χ2n) is 9.84. The van der Waals surface area contributed by atoms with Gasteiger partial charge in [-0.15, -0.1) is 0 Å². The van der Waals surface area contributed by atoms with E-state index in [1.165, 1.54) is 24.3 Å². The van der Waals surface area contributed by atoms with Crippen molar-refractivity contribution in [3.8, 4) is 11.8 Å². The minimum absolute atomic E-state index is 0.326. The Hall–Kier alpha value is -3.95. The average Bonchev–Trinajstić information content (AvgIpc) is 2.98. The molecule has 0 N–H and O–H groups in total. The summed E-state index contributed by atoms with van der Waals surface area (Å²) in [4.78, 5) is 22.0. The summed E-state index contributed by atoms with van der Waals surface area (Å²) in [6.07, 6.45) is 10.0. The number of carbonyl (C=O) groups is 1. The molecule has 11 heteroatoms. The van der Waals surface area contributed by atoms with Crippen molar-refractivity contribution in [3.05, 3.63) is 93.7 Å². The highest BCUT2D eigenvalue weighted by Crippen LogP contribution is 2.28. The van der Waals surface area contributed by atoms with Crippen LogP contribution in [0, 0.1) is 0 Å². The van der Waals surface area contributed by atoms with Crippen LogP contribution in [0.3, 0.4) is 0 Å². The summed E-state index contributed by atoms with van der Waals surface area (Å²) in [5, 5.41) is 2.56. The maximum absolute atomic E-state index is 13.3. The maximum atomic E-state index is 13.3. The number of allylic oxidation sites excluding steroid dienone is 3. The quantitative estimate of drug-likeness (QED) is 0.0424. The molecule has 228 valence electrons. The highest BCUT2D eigenvalue weighted by Gasteiger charge is 2.19. The molecule has 0 spiro atoms. The molecule has 0 aliphatic carbocycles. The van der Waals surface area contributed by atoms with Crippen LogP contribution in [0.25, 0.3) is 34.0 Å². The van der Waals surface area contributed by atoms with Gasteiger partial charge in [-0.1, -0.05) is 49.9 Å². The first-order chi connectivity index (χ1) is 21.2. The summed E-state index contributed by atoms with van der Waals surface area (Å²) in [5.41, 5.74) is 2.41. The molecule has 44 heavy (non-hydrogen) atoms. The maximum Gasteiger partial charge on any atom is 0.796 e. The number of unbranched alkanes of at least 4 members (excludes halogenated alkanes) is 2. The Labute approximate surface area is 265 Å². The summed E-state index contributed by atoms with van der Waals surface area (Å²) in [5.74, 6) is -0.251. The third kappa shape index (κ3) is 9.53. The molecule has 0 saturated carbocycles. The minimum Gasteiger partial charge on any atom is -0.505 e. The third-order valence-electron chi connectivity index (χ3n) is 6.38. The Balaban J connectivity index is 1.63. The molecule has 0 amide bonds. The van der Waals surface area contributed by atoms with E-state index in [0.717, 1.165) is 42.5 Å². The summed E-state index contributed by atoms with van der Waals surface area (Å²) >= 11 is 12.3. The van der Waals surface area contributed by atoms with Crippen molar-refractivity contribution in [1.82, 2.24) is 9.97 Å². The Kier molecular flexibility index (Phi) is 12.1. The van der Waals surface area contributed by atoms with E-state index in [-0.39, 0.29) is 5.76 Å². The highest BCUT2D eigenvalue weighted by atomic mass is 35.5. The molecule has 0 saturated heterocycles. The van der Waals surface area contributed by atoms with Crippen molar-refractivity contribution in [3.63, 3.8) is 0 Å². The van der Waals surface area contributed by atoms with E-state index in [4.69, 9.17) is 32.7 Å². The van der Waals surface area contributed by atoms with E-state index in [9.17, 15) is 13.4 Å². The number of aromatic nitrogens is 2. The number of ketones is 1. The van der Waals surface area contributed by atoms with Crippen LogP contribution in [0.4, 0.5) is 8.63 Å². The van der Waals surface area contributed by atoms with Crippen molar-refractivity contribution < 1.29 is 27.6 Å². The average molecular weight is 639 g/mol. The number of benzene rings is 2. The van der Waals surface area contributed by atoms with Gasteiger partial charge < -0.3 is 14.1 Å². The molecule has 0 fully saturated rings. The topological polar surface area (TPSA) is 70.5 Å². The lowest BCUT2D eigenvalue weighted by Gasteiger charge is -2.10. The lowest BCUT2D eigenvalue weighted by atomic mass is 10.1. The van der Waals surface area contributed by atoms with Gasteiger partial charge >= 0.3 is 7.47 Å². The normalized spacial score (nSPS) is 12.0. The Bertz CT molecular complexity index is 1710. The third-order valence-corrected chi connectivity index (χ3v) is 6.85. The van der Waals surface area contributed by atoms with Crippen LogP contribution in [-0.4, -0.2) is 36.4 Å². The lowest BCUT2D eigenvalue weighted by Crippen LogP contribution is -2.05. The molecule has 0 atom stereocenters. The number of nitrogens with zero attached hydrogens (tertiary/aromatic N) is 2. The smallest absolute Gasteiger partial charge is 0.505 e. The fourth-order valence-corrected chi connectivity index (χ4v) is 4.51. The molecule has 2 heterocycles. The molecule has 0 unspecified atom stereocenters. The zero-order valence-corrected chi connectivity index (χ0v) is 25.9.